The van der Waals surface area contributed by atoms with Gasteiger partial charge in [-0.05, 0) is 36.8 Å². The topological polar surface area (TPSA) is 73.2 Å². The van der Waals surface area contributed by atoms with E-state index in [2.05, 4.69) is 10.3 Å². The van der Waals surface area contributed by atoms with Gasteiger partial charge in [-0.3, -0.25) is 14.9 Å². The zero-order valence-electron chi connectivity index (χ0n) is 15.1. The highest BCUT2D eigenvalue weighted by atomic mass is 32.1. The first-order valence-electron chi connectivity index (χ1n) is 8.67. The van der Waals surface area contributed by atoms with Crippen LogP contribution in [0.2, 0.25) is 0 Å². The number of nitrogens with zero attached hydrogens (tertiary/aromatic N) is 2. The second kappa shape index (κ2) is 7.66. The minimum absolute atomic E-state index is 0.00833. The van der Waals surface area contributed by atoms with E-state index in [4.69, 9.17) is 4.84 Å². The lowest BCUT2D eigenvalue weighted by molar-refractivity contribution is 0.0863. The number of nitrogens with one attached hydrogen (secondary N) is 1. The quantitative estimate of drug-likeness (QED) is 0.564. The molecule has 0 saturated carbocycles. The predicted octanol–water partition coefficient (Wildman–Crippen LogP) is 3.65. The third kappa shape index (κ3) is 3.79. The van der Waals surface area contributed by atoms with Gasteiger partial charge in [0.15, 0.2) is 5.13 Å². The number of anilines is 1. The van der Waals surface area contributed by atoms with Gasteiger partial charge in [0.2, 0.25) is 0 Å². The average molecular weight is 391 g/mol. The molecule has 0 saturated heterocycles. The Hall–Kier alpha value is -3.45. The first-order valence-corrected chi connectivity index (χ1v) is 9.49. The molecule has 0 spiro atoms. The number of thiazole rings is 1. The number of hydrogen-bond acceptors (Lipinski definition) is 5. The molecule has 140 valence electrons. The Labute approximate surface area is 165 Å². The molecule has 2 aromatic heterocycles. The van der Waals surface area contributed by atoms with Crippen molar-refractivity contribution in [1.82, 2.24) is 9.71 Å². The lowest BCUT2D eigenvalue weighted by atomic mass is 10.1. The summed E-state index contributed by atoms with van der Waals surface area (Å²) in [7, 11) is 0. The number of aryl methyl sites for hydroxylation is 1. The van der Waals surface area contributed by atoms with Gasteiger partial charge in [0.1, 0.15) is 12.2 Å². The van der Waals surface area contributed by atoms with Crippen molar-refractivity contribution in [3.63, 3.8) is 0 Å². The molecule has 0 aliphatic rings. The highest BCUT2D eigenvalue weighted by molar-refractivity contribution is 7.22. The van der Waals surface area contributed by atoms with Crippen molar-refractivity contribution in [2.45, 2.75) is 13.5 Å². The fourth-order valence-corrected chi connectivity index (χ4v) is 3.65. The van der Waals surface area contributed by atoms with Crippen LogP contribution < -0.4 is 15.7 Å². The first kappa shape index (κ1) is 17.9. The summed E-state index contributed by atoms with van der Waals surface area (Å²) < 4.78 is 2.04. The van der Waals surface area contributed by atoms with Crippen LogP contribution in [0.15, 0.2) is 71.7 Å². The van der Waals surface area contributed by atoms with E-state index in [1.54, 1.807) is 6.07 Å². The molecule has 0 aliphatic heterocycles. The summed E-state index contributed by atoms with van der Waals surface area (Å²) in [5.74, 6) is -0.516. The highest BCUT2D eigenvalue weighted by Gasteiger charge is 2.15. The minimum atomic E-state index is -0.520. The van der Waals surface area contributed by atoms with Gasteiger partial charge in [0.05, 0.1) is 10.2 Å². The van der Waals surface area contributed by atoms with Gasteiger partial charge < -0.3 is 4.84 Å². The van der Waals surface area contributed by atoms with Crippen molar-refractivity contribution in [3.8, 4) is 0 Å². The molecular formula is C21H17N3O3S. The van der Waals surface area contributed by atoms with Gasteiger partial charge in [-0.15, -0.1) is 0 Å². The molecule has 0 unspecified atom stereocenters. The minimum Gasteiger partial charge on any atom is -0.406 e. The summed E-state index contributed by atoms with van der Waals surface area (Å²) in [6.07, 6.45) is 1.49. The molecule has 28 heavy (non-hydrogen) atoms. The molecule has 0 radical (unpaired) electrons. The molecule has 2 aromatic carbocycles. The number of amides is 1. The van der Waals surface area contributed by atoms with E-state index in [1.165, 1.54) is 23.6 Å². The second-order valence-electron chi connectivity index (χ2n) is 6.26. The number of benzene rings is 2. The van der Waals surface area contributed by atoms with Gasteiger partial charge in [-0.1, -0.05) is 53.3 Å². The van der Waals surface area contributed by atoms with Crippen LogP contribution in [0, 0.1) is 6.92 Å². The molecular weight excluding hydrogens is 374 g/mol. The number of carbonyl (C=O) groups excluding carboxylic acids is 1. The molecule has 0 fully saturated rings. The number of fused-ring (bicyclic) bond motifs is 1. The fourth-order valence-electron chi connectivity index (χ4n) is 2.79. The number of hydrogen-bond donors (Lipinski definition) is 1. The maximum absolute atomic E-state index is 12.6. The Morgan fingerprint density at radius 2 is 2.00 bits per heavy atom. The summed E-state index contributed by atoms with van der Waals surface area (Å²) >= 11 is 1.36. The van der Waals surface area contributed by atoms with E-state index in [0.717, 1.165) is 26.1 Å². The molecule has 0 aliphatic carbocycles. The lowest BCUT2D eigenvalue weighted by Gasteiger charge is -2.10. The molecule has 1 amide bonds. The van der Waals surface area contributed by atoms with Crippen molar-refractivity contribution < 1.29 is 9.63 Å². The van der Waals surface area contributed by atoms with Crippen molar-refractivity contribution >= 4 is 32.6 Å². The number of aromatic nitrogens is 2. The lowest BCUT2D eigenvalue weighted by Crippen LogP contribution is -2.32. The maximum Gasteiger partial charge on any atom is 0.295 e. The van der Waals surface area contributed by atoms with Crippen molar-refractivity contribution in [2.24, 2.45) is 0 Å². The molecule has 1 N–H and O–H groups in total. The normalized spacial score (nSPS) is 10.8. The largest absolute Gasteiger partial charge is 0.406 e. The molecule has 4 rings (SSSR count). The monoisotopic (exact) mass is 391 g/mol. The third-order valence-corrected chi connectivity index (χ3v) is 5.08. The van der Waals surface area contributed by atoms with Crippen LogP contribution in [0.1, 0.15) is 21.5 Å². The van der Waals surface area contributed by atoms with Crippen LogP contribution in [0.5, 0.6) is 0 Å². The predicted molar refractivity (Wildman–Crippen MR) is 110 cm³/mol. The summed E-state index contributed by atoms with van der Waals surface area (Å²) in [5.41, 5.74) is 2.32. The third-order valence-electron chi connectivity index (χ3n) is 4.13. The summed E-state index contributed by atoms with van der Waals surface area (Å²) in [6, 6.07) is 18.5. The molecule has 2 heterocycles. The van der Waals surface area contributed by atoms with E-state index < -0.39 is 11.5 Å². The number of rotatable bonds is 5. The van der Waals surface area contributed by atoms with Crippen LogP contribution in [0.25, 0.3) is 10.2 Å². The Balaban J connectivity index is 1.52. The van der Waals surface area contributed by atoms with Crippen molar-refractivity contribution in [2.75, 3.05) is 5.32 Å². The van der Waals surface area contributed by atoms with E-state index in [1.807, 2.05) is 55.5 Å². The zero-order chi connectivity index (χ0) is 19.5. The van der Waals surface area contributed by atoms with Crippen LogP contribution in [-0.2, 0) is 6.61 Å². The van der Waals surface area contributed by atoms with E-state index >= 15 is 0 Å². The first-order chi connectivity index (χ1) is 13.6. The standard InChI is InChI=1S/C21H17N3O3S/c1-14-6-4-7-15(12-14)13-27-24-11-5-8-16(20(24)26)19(25)23-21-22-17-9-2-3-10-18(17)28-21/h2-12H,13H2,1H3,(H,22,23,25). The zero-order valence-corrected chi connectivity index (χ0v) is 15.9. The van der Waals surface area contributed by atoms with Crippen LogP contribution in [-0.4, -0.2) is 15.6 Å². The molecule has 0 bridgehead atoms. The molecule has 7 heteroatoms. The average Bonchev–Trinajstić information content (AvgIpc) is 3.09. The van der Waals surface area contributed by atoms with Gasteiger partial charge in [-0.25, -0.2) is 4.98 Å². The van der Waals surface area contributed by atoms with Crippen LogP contribution >= 0.6 is 11.3 Å². The van der Waals surface area contributed by atoms with Crippen molar-refractivity contribution in [1.29, 1.82) is 0 Å². The van der Waals surface area contributed by atoms with E-state index in [0.29, 0.717) is 5.13 Å². The van der Waals surface area contributed by atoms with Gasteiger partial charge >= 0.3 is 0 Å². The Morgan fingerprint density at radius 3 is 2.82 bits per heavy atom. The van der Waals surface area contributed by atoms with Crippen LogP contribution in [0.4, 0.5) is 5.13 Å². The Bertz CT molecular complexity index is 1180. The van der Waals surface area contributed by atoms with Gasteiger partial charge in [0, 0.05) is 6.20 Å². The van der Waals surface area contributed by atoms with E-state index in [-0.39, 0.29) is 12.2 Å². The number of para-hydroxylation sites is 1. The van der Waals surface area contributed by atoms with Gasteiger partial charge in [0.25, 0.3) is 11.5 Å². The smallest absolute Gasteiger partial charge is 0.295 e. The Morgan fingerprint density at radius 1 is 1.14 bits per heavy atom. The van der Waals surface area contributed by atoms with E-state index in [9.17, 15) is 9.59 Å². The van der Waals surface area contributed by atoms with Gasteiger partial charge in [-0.2, -0.15) is 4.73 Å². The second-order valence-corrected chi connectivity index (χ2v) is 7.29. The fraction of sp³-hybridized carbons (Fsp3) is 0.0952. The van der Waals surface area contributed by atoms with Crippen molar-refractivity contribution in [3.05, 3.63) is 93.9 Å². The highest BCUT2D eigenvalue weighted by Crippen LogP contribution is 2.25. The molecule has 0 atom stereocenters. The molecule has 4 aromatic rings. The number of pyridine rings is 1. The molecule has 6 nitrogen and oxygen atoms in total. The van der Waals surface area contributed by atoms with Crippen LogP contribution in [0.3, 0.4) is 0 Å². The SMILES string of the molecule is Cc1cccc(COn2cccc(C(=O)Nc3nc4ccccc4s3)c2=O)c1. The maximum atomic E-state index is 12.6. The summed E-state index contributed by atoms with van der Waals surface area (Å²) in [4.78, 5) is 35.1. The summed E-state index contributed by atoms with van der Waals surface area (Å²) in [6.45, 7) is 2.22. The number of carbonyl (C=O) groups is 1. The summed E-state index contributed by atoms with van der Waals surface area (Å²) in [5, 5.41) is 3.14. The Kier molecular flexibility index (Phi) is 4.90.